The molecule has 25 heavy (non-hydrogen) atoms. The van der Waals surface area contributed by atoms with Gasteiger partial charge in [-0.2, -0.15) is 0 Å². The molecular formula is C20H31ClN2O2. The van der Waals surface area contributed by atoms with Gasteiger partial charge in [-0.1, -0.05) is 42.7 Å². The lowest BCUT2D eigenvalue weighted by atomic mass is 9.78. The summed E-state index contributed by atoms with van der Waals surface area (Å²) in [6, 6.07) is 8.33. The third-order valence-corrected chi connectivity index (χ3v) is 5.87. The molecule has 0 aromatic heterocycles. The van der Waals surface area contributed by atoms with Crippen LogP contribution in [0, 0.1) is 12.8 Å². The summed E-state index contributed by atoms with van der Waals surface area (Å²) in [5.74, 6) is 0.248. The van der Waals surface area contributed by atoms with Gasteiger partial charge in [0.15, 0.2) is 0 Å². The van der Waals surface area contributed by atoms with Crippen molar-refractivity contribution in [2.45, 2.75) is 56.9 Å². The molecule has 0 spiro atoms. The van der Waals surface area contributed by atoms with Crippen LogP contribution in [0.3, 0.4) is 0 Å². The molecule has 1 amide bonds. The average Bonchev–Trinajstić information content (AvgIpc) is 3.10. The van der Waals surface area contributed by atoms with Crippen molar-refractivity contribution in [3.63, 3.8) is 0 Å². The molecule has 140 valence electrons. The molecule has 3 N–H and O–H groups in total. The number of nitrogens with two attached hydrogens (primary N) is 1. The smallest absolute Gasteiger partial charge is 0.237 e. The zero-order valence-electron chi connectivity index (χ0n) is 15.1. The molecule has 1 aliphatic heterocycles. The van der Waals surface area contributed by atoms with Gasteiger partial charge in [0.25, 0.3) is 0 Å². The van der Waals surface area contributed by atoms with Gasteiger partial charge in [0.05, 0.1) is 6.04 Å². The summed E-state index contributed by atoms with van der Waals surface area (Å²) in [7, 11) is 0. The van der Waals surface area contributed by atoms with Crippen molar-refractivity contribution in [1.29, 1.82) is 0 Å². The molecule has 1 saturated carbocycles. The van der Waals surface area contributed by atoms with Crippen LogP contribution < -0.4 is 11.1 Å². The zero-order chi connectivity index (χ0) is 17.0. The van der Waals surface area contributed by atoms with Crippen molar-refractivity contribution < 1.29 is 9.53 Å². The van der Waals surface area contributed by atoms with E-state index in [1.54, 1.807) is 0 Å². The third kappa shape index (κ3) is 4.75. The third-order valence-electron chi connectivity index (χ3n) is 5.87. The first-order chi connectivity index (χ1) is 11.6. The molecule has 2 aliphatic rings. The fraction of sp³-hybridized carbons (Fsp3) is 0.650. The second-order valence-corrected chi connectivity index (χ2v) is 7.55. The lowest BCUT2D eigenvalue weighted by molar-refractivity contribution is -0.124. The molecule has 1 atom stereocenters. The predicted molar refractivity (Wildman–Crippen MR) is 103 cm³/mol. The molecule has 1 aromatic carbocycles. The number of hydrogen-bond acceptors (Lipinski definition) is 3. The van der Waals surface area contributed by atoms with Crippen molar-refractivity contribution in [3.05, 3.63) is 35.4 Å². The van der Waals surface area contributed by atoms with Gasteiger partial charge in [-0.05, 0) is 44.1 Å². The van der Waals surface area contributed by atoms with Gasteiger partial charge in [-0.25, -0.2) is 0 Å². The number of carbonyl (C=O) groups is 1. The van der Waals surface area contributed by atoms with Crippen LogP contribution in [0.2, 0.25) is 0 Å². The van der Waals surface area contributed by atoms with E-state index in [1.165, 1.54) is 24.0 Å². The Morgan fingerprint density at radius 3 is 2.64 bits per heavy atom. The normalized spacial score (nSPS) is 21.4. The lowest BCUT2D eigenvalue weighted by Crippen LogP contribution is -2.50. The van der Waals surface area contributed by atoms with E-state index in [9.17, 15) is 4.79 Å². The van der Waals surface area contributed by atoms with Gasteiger partial charge >= 0.3 is 0 Å². The first-order valence-corrected chi connectivity index (χ1v) is 9.29. The number of ether oxygens (including phenoxy) is 1. The summed E-state index contributed by atoms with van der Waals surface area (Å²) in [6.45, 7) is 4.27. The minimum absolute atomic E-state index is 0. The maximum Gasteiger partial charge on any atom is 0.237 e. The Morgan fingerprint density at radius 1 is 1.32 bits per heavy atom. The van der Waals surface area contributed by atoms with E-state index in [1.807, 2.05) is 0 Å². The minimum Gasteiger partial charge on any atom is -0.381 e. The fourth-order valence-electron chi connectivity index (χ4n) is 4.26. The number of rotatable bonds is 5. The van der Waals surface area contributed by atoms with Gasteiger partial charge in [-0.3, -0.25) is 4.79 Å². The molecule has 3 rings (SSSR count). The van der Waals surface area contributed by atoms with Gasteiger partial charge in [0.1, 0.15) is 0 Å². The van der Waals surface area contributed by atoms with Crippen LogP contribution in [0.1, 0.15) is 49.7 Å². The van der Waals surface area contributed by atoms with Crippen LogP contribution in [-0.4, -0.2) is 31.7 Å². The highest BCUT2D eigenvalue weighted by atomic mass is 35.5. The molecule has 0 radical (unpaired) electrons. The maximum atomic E-state index is 12.6. The summed E-state index contributed by atoms with van der Waals surface area (Å²) < 4.78 is 5.37. The Balaban J connectivity index is 0.00000225. The molecule has 1 heterocycles. The lowest BCUT2D eigenvalue weighted by Gasteiger charge is -2.32. The predicted octanol–water partition coefficient (Wildman–Crippen LogP) is 3.10. The van der Waals surface area contributed by atoms with Gasteiger partial charge < -0.3 is 15.8 Å². The zero-order valence-corrected chi connectivity index (χ0v) is 15.9. The summed E-state index contributed by atoms with van der Waals surface area (Å²) in [6.07, 6.45) is 6.52. The van der Waals surface area contributed by atoms with Crippen LogP contribution in [0.4, 0.5) is 0 Å². The van der Waals surface area contributed by atoms with Crippen LogP contribution in [0.15, 0.2) is 24.3 Å². The van der Waals surface area contributed by atoms with Crippen LogP contribution in [0.25, 0.3) is 0 Å². The monoisotopic (exact) mass is 366 g/mol. The summed E-state index contributed by atoms with van der Waals surface area (Å²) in [5.41, 5.74) is 8.94. The maximum absolute atomic E-state index is 12.6. The van der Waals surface area contributed by atoms with Gasteiger partial charge in [0, 0.05) is 25.2 Å². The number of carbonyl (C=O) groups excluding carboxylic acids is 1. The molecule has 1 saturated heterocycles. The highest BCUT2D eigenvalue weighted by Crippen LogP contribution is 2.40. The number of hydrogen-bond donors (Lipinski definition) is 2. The molecular weight excluding hydrogens is 336 g/mol. The first kappa shape index (κ1) is 20.2. The Kier molecular flexibility index (Phi) is 7.29. The highest BCUT2D eigenvalue weighted by molar-refractivity contribution is 5.85. The quantitative estimate of drug-likeness (QED) is 0.841. The first-order valence-electron chi connectivity index (χ1n) is 9.29. The van der Waals surface area contributed by atoms with E-state index >= 15 is 0 Å². The largest absolute Gasteiger partial charge is 0.381 e. The van der Waals surface area contributed by atoms with Crippen molar-refractivity contribution in [2.75, 3.05) is 19.8 Å². The van der Waals surface area contributed by atoms with E-state index < -0.39 is 6.04 Å². The Bertz CT molecular complexity index is 567. The van der Waals surface area contributed by atoms with E-state index in [0.717, 1.165) is 38.9 Å². The van der Waals surface area contributed by atoms with Crippen LogP contribution >= 0.6 is 12.4 Å². The molecule has 1 aliphatic carbocycles. The number of amides is 1. The molecule has 0 bridgehead atoms. The number of halogens is 1. The molecule has 2 fully saturated rings. The number of aryl methyl sites for hydroxylation is 1. The standard InChI is InChI=1S/C20H30N2O2.ClH/c1-15-5-4-6-17(13-15)20(9-2-3-10-20)14-22-19(23)18(21)16-7-11-24-12-8-16;/h4-6,13,16,18H,2-3,7-12,14,21H2,1H3,(H,22,23);1H. The minimum atomic E-state index is -0.412. The molecule has 1 aromatic rings. The molecule has 5 heteroatoms. The Labute approximate surface area is 157 Å². The van der Waals surface area contributed by atoms with E-state index in [-0.39, 0.29) is 29.6 Å². The fourth-order valence-corrected chi connectivity index (χ4v) is 4.26. The summed E-state index contributed by atoms with van der Waals surface area (Å²) in [4.78, 5) is 12.6. The van der Waals surface area contributed by atoms with E-state index in [2.05, 4.69) is 36.5 Å². The summed E-state index contributed by atoms with van der Waals surface area (Å²) in [5, 5.41) is 3.18. The second kappa shape index (κ2) is 9.02. The average molecular weight is 367 g/mol. The van der Waals surface area contributed by atoms with Gasteiger partial charge in [0.2, 0.25) is 5.91 Å². The van der Waals surface area contributed by atoms with Gasteiger partial charge in [-0.15, -0.1) is 12.4 Å². The van der Waals surface area contributed by atoms with Crippen molar-refractivity contribution in [2.24, 2.45) is 11.7 Å². The van der Waals surface area contributed by atoms with Crippen molar-refractivity contribution in [1.82, 2.24) is 5.32 Å². The number of benzene rings is 1. The van der Waals surface area contributed by atoms with E-state index in [4.69, 9.17) is 10.5 Å². The SMILES string of the molecule is Cc1cccc(C2(CNC(=O)C(N)C3CCOCC3)CCCC2)c1.Cl. The van der Waals surface area contributed by atoms with Crippen LogP contribution in [-0.2, 0) is 14.9 Å². The Morgan fingerprint density at radius 2 is 2.00 bits per heavy atom. The van der Waals surface area contributed by atoms with Crippen molar-refractivity contribution >= 4 is 18.3 Å². The second-order valence-electron chi connectivity index (χ2n) is 7.55. The number of nitrogens with one attached hydrogen (secondary N) is 1. The van der Waals surface area contributed by atoms with E-state index in [0.29, 0.717) is 6.54 Å². The molecule has 1 unspecified atom stereocenters. The Hall–Kier alpha value is -1.10. The van der Waals surface area contributed by atoms with Crippen LogP contribution in [0.5, 0.6) is 0 Å². The molecule has 4 nitrogen and oxygen atoms in total. The topological polar surface area (TPSA) is 64.4 Å². The highest BCUT2D eigenvalue weighted by Gasteiger charge is 2.37. The summed E-state index contributed by atoms with van der Waals surface area (Å²) >= 11 is 0. The van der Waals surface area contributed by atoms with Crippen molar-refractivity contribution in [3.8, 4) is 0 Å².